The first-order chi connectivity index (χ1) is 7.57. The molecule has 1 aromatic rings. The van der Waals surface area contributed by atoms with Crippen LogP contribution in [0.25, 0.3) is 0 Å². The Hall–Kier alpha value is -0.583. The fourth-order valence-corrected chi connectivity index (χ4v) is 1.83. The number of hydrogen-bond donors (Lipinski definition) is 0. The number of methoxy groups -OCH3 is 1. The van der Waals surface area contributed by atoms with Crippen LogP contribution in [0.5, 0.6) is 11.5 Å². The minimum absolute atomic E-state index is 0. The Balaban J connectivity index is 0.00000289. The molecule has 0 aliphatic carbocycles. The van der Waals surface area contributed by atoms with Crippen LogP contribution < -0.4 is 28.7 Å². The zero-order chi connectivity index (χ0) is 13.4. The smallest absolute Gasteiger partial charge is 0.872 e. The van der Waals surface area contributed by atoms with Crippen molar-refractivity contribution in [2.45, 2.75) is 52.4 Å². The average molecular weight is 242 g/mol. The van der Waals surface area contributed by atoms with Gasteiger partial charge in [-0.1, -0.05) is 41.5 Å². The first-order valence-electron chi connectivity index (χ1n) is 5.97. The van der Waals surface area contributed by atoms with Gasteiger partial charge in [0.05, 0.1) is 7.11 Å². The Morgan fingerprint density at radius 3 is 1.44 bits per heavy atom. The van der Waals surface area contributed by atoms with E-state index in [4.69, 9.17) is 4.74 Å². The van der Waals surface area contributed by atoms with E-state index < -0.39 is 0 Å². The Morgan fingerprint density at radius 2 is 1.22 bits per heavy atom. The fraction of sp³-hybridized carbons (Fsp3) is 0.600. The second-order valence-electron chi connectivity index (χ2n) is 6.55. The first-order valence-corrected chi connectivity index (χ1v) is 5.97. The molecule has 0 spiro atoms. The molecule has 0 saturated carbocycles. The van der Waals surface area contributed by atoms with E-state index in [9.17, 15) is 5.11 Å². The molecule has 0 N–H and O–H groups in total. The molecule has 0 fully saturated rings. The van der Waals surface area contributed by atoms with Gasteiger partial charge in [0, 0.05) is 0 Å². The van der Waals surface area contributed by atoms with E-state index in [-0.39, 0.29) is 35.4 Å². The zero-order valence-corrected chi connectivity index (χ0v) is 13.0. The third kappa shape index (κ3) is 3.70. The molecule has 0 aromatic heterocycles. The minimum Gasteiger partial charge on any atom is -0.872 e. The van der Waals surface area contributed by atoms with Gasteiger partial charge in [-0.05, 0) is 34.1 Å². The maximum absolute atomic E-state index is 12.5. The molecule has 0 atom stereocenters. The molecular formula is C15H23LiO2. The number of hydrogen-bond acceptors (Lipinski definition) is 2. The van der Waals surface area contributed by atoms with Crippen LogP contribution in [0.3, 0.4) is 0 Å². The van der Waals surface area contributed by atoms with Crippen molar-refractivity contribution in [1.29, 1.82) is 0 Å². The molecule has 0 heterocycles. The summed E-state index contributed by atoms with van der Waals surface area (Å²) in [5, 5.41) is 12.5. The monoisotopic (exact) mass is 242 g/mol. The summed E-state index contributed by atoms with van der Waals surface area (Å²) in [6.07, 6.45) is 0. The standard InChI is InChI=1S/C15H24O2.Li/c1-14(2,3)11-8-10(17-7)9-12(13(11)16)15(4,5)6;/h8-9,16H,1-7H3;/q;+1/p-1. The first kappa shape index (κ1) is 17.4. The van der Waals surface area contributed by atoms with Crippen LogP contribution >= 0.6 is 0 Å². The third-order valence-corrected chi connectivity index (χ3v) is 2.91. The summed E-state index contributed by atoms with van der Waals surface area (Å²) in [5.41, 5.74) is 1.32. The van der Waals surface area contributed by atoms with Gasteiger partial charge in [-0.15, -0.1) is 5.75 Å². The molecule has 1 aromatic carbocycles. The third-order valence-electron chi connectivity index (χ3n) is 2.91. The molecule has 0 radical (unpaired) electrons. The summed E-state index contributed by atoms with van der Waals surface area (Å²) in [4.78, 5) is 0. The van der Waals surface area contributed by atoms with Crippen molar-refractivity contribution in [2.75, 3.05) is 7.11 Å². The maximum Gasteiger partial charge on any atom is 1.00 e. The van der Waals surface area contributed by atoms with Crippen LogP contribution in [-0.2, 0) is 10.8 Å². The molecule has 1 rings (SSSR count). The maximum atomic E-state index is 12.5. The summed E-state index contributed by atoms with van der Waals surface area (Å²) in [7, 11) is 1.64. The number of benzene rings is 1. The van der Waals surface area contributed by atoms with E-state index in [2.05, 4.69) is 41.5 Å². The summed E-state index contributed by atoms with van der Waals surface area (Å²) < 4.78 is 5.30. The molecule has 0 aliphatic rings. The fourth-order valence-electron chi connectivity index (χ4n) is 1.83. The van der Waals surface area contributed by atoms with E-state index in [0.29, 0.717) is 0 Å². The molecule has 96 valence electrons. The van der Waals surface area contributed by atoms with Crippen molar-refractivity contribution in [2.24, 2.45) is 0 Å². The van der Waals surface area contributed by atoms with E-state index in [1.165, 1.54) is 0 Å². The molecule has 0 bridgehead atoms. The number of ether oxygens (including phenoxy) is 1. The Labute approximate surface area is 123 Å². The van der Waals surface area contributed by atoms with Crippen LogP contribution in [0.1, 0.15) is 52.7 Å². The van der Waals surface area contributed by atoms with Crippen molar-refractivity contribution in [3.05, 3.63) is 23.3 Å². The van der Waals surface area contributed by atoms with E-state index in [1.54, 1.807) is 7.11 Å². The van der Waals surface area contributed by atoms with Crippen molar-refractivity contribution < 1.29 is 28.7 Å². The zero-order valence-electron chi connectivity index (χ0n) is 13.0. The summed E-state index contributed by atoms with van der Waals surface area (Å²) in [6, 6.07) is 3.72. The quantitative estimate of drug-likeness (QED) is 0.666. The Morgan fingerprint density at radius 1 is 0.889 bits per heavy atom. The molecule has 0 saturated heterocycles. The van der Waals surface area contributed by atoms with Crippen molar-refractivity contribution in [3.63, 3.8) is 0 Å². The largest absolute Gasteiger partial charge is 1.00 e. The van der Waals surface area contributed by atoms with Gasteiger partial charge in [0.25, 0.3) is 0 Å². The van der Waals surface area contributed by atoms with E-state index in [1.807, 2.05) is 12.1 Å². The van der Waals surface area contributed by atoms with Crippen LogP contribution in [-0.4, -0.2) is 7.11 Å². The summed E-state index contributed by atoms with van der Waals surface area (Å²) in [6.45, 7) is 12.3. The van der Waals surface area contributed by atoms with Gasteiger partial charge < -0.3 is 9.84 Å². The summed E-state index contributed by atoms with van der Waals surface area (Å²) in [5.74, 6) is 0.908. The van der Waals surface area contributed by atoms with Crippen molar-refractivity contribution >= 4 is 0 Å². The molecular weight excluding hydrogens is 219 g/mol. The van der Waals surface area contributed by atoms with Gasteiger partial charge in [-0.2, -0.15) is 0 Å². The van der Waals surface area contributed by atoms with Gasteiger partial charge in [0.2, 0.25) is 0 Å². The molecule has 2 nitrogen and oxygen atoms in total. The van der Waals surface area contributed by atoms with Crippen LogP contribution in [0.2, 0.25) is 0 Å². The minimum atomic E-state index is -0.161. The molecule has 0 aliphatic heterocycles. The van der Waals surface area contributed by atoms with Crippen molar-refractivity contribution in [3.8, 4) is 11.5 Å². The van der Waals surface area contributed by atoms with Gasteiger partial charge >= 0.3 is 18.9 Å². The molecule has 18 heavy (non-hydrogen) atoms. The van der Waals surface area contributed by atoms with Crippen LogP contribution in [0.15, 0.2) is 12.1 Å². The van der Waals surface area contributed by atoms with Crippen molar-refractivity contribution in [1.82, 2.24) is 0 Å². The van der Waals surface area contributed by atoms with E-state index in [0.717, 1.165) is 16.9 Å². The SMILES string of the molecule is COc1cc(C(C)(C)C)c([O-])c(C(C)(C)C)c1.[Li+]. The molecule has 0 unspecified atom stereocenters. The Bertz CT molecular complexity index is 376. The Kier molecular flexibility index (Phi) is 5.41. The van der Waals surface area contributed by atoms with Crippen LogP contribution in [0.4, 0.5) is 0 Å². The van der Waals surface area contributed by atoms with Gasteiger partial charge in [-0.3, -0.25) is 0 Å². The van der Waals surface area contributed by atoms with Crippen LogP contribution in [0, 0.1) is 0 Å². The second-order valence-corrected chi connectivity index (χ2v) is 6.55. The predicted molar refractivity (Wildman–Crippen MR) is 69.8 cm³/mol. The van der Waals surface area contributed by atoms with E-state index >= 15 is 0 Å². The predicted octanol–water partition coefficient (Wildman–Crippen LogP) is 0.368. The second kappa shape index (κ2) is 5.59. The topological polar surface area (TPSA) is 32.3 Å². The van der Waals surface area contributed by atoms with Gasteiger partial charge in [0.1, 0.15) is 5.75 Å². The van der Waals surface area contributed by atoms with Gasteiger partial charge in [0.15, 0.2) is 0 Å². The molecule has 0 amide bonds. The molecule has 3 heteroatoms. The normalized spacial score (nSPS) is 11.9. The average Bonchev–Trinajstić information content (AvgIpc) is 2.14. The summed E-state index contributed by atoms with van der Waals surface area (Å²) >= 11 is 0. The van der Waals surface area contributed by atoms with Gasteiger partial charge in [-0.25, -0.2) is 0 Å². The number of rotatable bonds is 1.